The van der Waals surface area contributed by atoms with Gasteiger partial charge in [-0.15, -0.1) is 0 Å². The van der Waals surface area contributed by atoms with Gasteiger partial charge in [0, 0.05) is 73.5 Å². The van der Waals surface area contributed by atoms with Crippen LogP contribution in [0.2, 0.25) is 10.0 Å². The van der Waals surface area contributed by atoms with Crippen molar-refractivity contribution in [2.24, 2.45) is 17.6 Å². The first kappa shape index (κ1) is 56.4. The molecule has 0 aliphatic carbocycles. The summed E-state index contributed by atoms with van der Waals surface area (Å²) in [4.78, 5) is 97.7. The number of primary amides is 1. The minimum Gasteiger partial charge on any atom is -0.453 e. The SMILES string of the molecule is CC(C)Cn1cc(C(=O)Nc2ccc(Oc3ccnc(C(N)=O)c3Cl)c(F)c2)c(=O)n(-c2ccc(F)cc2)c1=O.CC(C)Cn1cc(C(=O)Nc2ccc(Oc3ccnc(N)c3Cl)c(F)c2)c(=O)n(-c2ccc(F)cc2)c1=O. The maximum Gasteiger partial charge on any atom is 0.335 e. The molecule has 0 radical (unpaired) electrons. The van der Waals surface area contributed by atoms with Crippen molar-refractivity contribution in [1.29, 1.82) is 0 Å². The number of aromatic nitrogens is 6. The lowest BCUT2D eigenvalue weighted by Crippen LogP contribution is -2.42. The van der Waals surface area contributed by atoms with Crippen molar-refractivity contribution in [3.8, 4) is 34.4 Å². The number of rotatable bonds is 15. The van der Waals surface area contributed by atoms with Crippen LogP contribution in [0.5, 0.6) is 23.0 Å². The molecular formula is C53H44Cl2F4N10O9. The highest BCUT2D eigenvalue weighted by molar-refractivity contribution is 6.35. The largest absolute Gasteiger partial charge is 0.453 e. The molecule has 0 bridgehead atoms. The molecule has 0 atom stereocenters. The summed E-state index contributed by atoms with van der Waals surface area (Å²) >= 11 is 12.1. The molecule has 3 amide bonds. The number of nitrogen functional groups attached to an aromatic ring is 1. The van der Waals surface area contributed by atoms with Crippen molar-refractivity contribution in [1.82, 2.24) is 28.2 Å². The molecule has 25 heteroatoms. The van der Waals surface area contributed by atoms with Crippen molar-refractivity contribution in [2.75, 3.05) is 16.4 Å². The Hall–Kier alpha value is -9.35. The number of hydrogen-bond donors (Lipinski definition) is 4. The number of halogens is 6. The van der Waals surface area contributed by atoms with Crippen LogP contribution < -0.4 is 54.1 Å². The molecule has 4 aromatic carbocycles. The van der Waals surface area contributed by atoms with Crippen LogP contribution in [-0.2, 0) is 13.1 Å². The summed E-state index contributed by atoms with van der Waals surface area (Å²) in [5.74, 6) is -5.99. The van der Waals surface area contributed by atoms with Gasteiger partial charge in [-0.1, -0.05) is 50.9 Å². The standard InChI is InChI=1S/C27H22ClF2N5O5.C26H22ClF2N5O4/c1-14(2)12-34-13-18(26(38)35(27(34)39)17-6-3-15(29)4-7-17)25(37)33-16-5-8-20(19(30)11-16)40-21-9-10-32-23(22(21)28)24(31)36;1-14(2)12-33-13-18(25(36)34(26(33)37)17-6-3-15(28)4-7-17)24(35)32-16-5-8-20(19(29)11-16)38-21-9-10-31-23(30)22(21)27/h3-11,13-14H,12H2,1-2H3,(H2,31,36)(H,33,37);3-11,13-14H,12H2,1-2H3,(H2,30,31)(H,32,35). The quantitative estimate of drug-likeness (QED) is 0.0703. The van der Waals surface area contributed by atoms with E-state index in [2.05, 4.69) is 20.6 Å². The van der Waals surface area contributed by atoms with Gasteiger partial charge in [0.25, 0.3) is 28.8 Å². The highest BCUT2D eigenvalue weighted by Crippen LogP contribution is 2.35. The van der Waals surface area contributed by atoms with Gasteiger partial charge in [-0.2, -0.15) is 0 Å². The number of nitrogens with one attached hydrogen (secondary N) is 2. The second kappa shape index (κ2) is 24.1. The summed E-state index contributed by atoms with van der Waals surface area (Å²) in [6.07, 6.45) is 4.85. The number of hydrogen-bond acceptors (Lipinski definition) is 12. The molecule has 6 N–H and O–H groups in total. The average molecular weight is 1110 g/mol. The Morgan fingerprint density at radius 1 is 0.577 bits per heavy atom. The fourth-order valence-electron chi connectivity index (χ4n) is 7.35. The van der Waals surface area contributed by atoms with E-state index in [-0.39, 0.29) is 97.8 Å². The van der Waals surface area contributed by atoms with E-state index in [0.29, 0.717) is 0 Å². The first-order chi connectivity index (χ1) is 37.0. The molecule has 0 spiro atoms. The van der Waals surface area contributed by atoms with Crippen molar-refractivity contribution in [3.05, 3.63) is 214 Å². The number of carbonyl (C=O) groups excluding carboxylic acids is 3. The minimum absolute atomic E-state index is 0.00803. The second-order valence-electron chi connectivity index (χ2n) is 17.7. The molecule has 0 saturated heterocycles. The van der Waals surface area contributed by atoms with E-state index in [1.807, 2.05) is 27.7 Å². The fourth-order valence-corrected chi connectivity index (χ4v) is 7.75. The second-order valence-corrected chi connectivity index (χ2v) is 18.5. The molecule has 0 aliphatic rings. The zero-order chi connectivity index (χ0) is 56.7. The fraction of sp³-hybridized carbons (Fsp3) is 0.151. The monoisotopic (exact) mass is 1110 g/mol. The molecule has 8 rings (SSSR count). The van der Waals surface area contributed by atoms with Crippen LogP contribution in [0, 0.1) is 35.1 Å². The zero-order valence-electron chi connectivity index (χ0n) is 41.4. The van der Waals surface area contributed by atoms with Crippen molar-refractivity contribution >= 4 is 58.1 Å². The molecular weight excluding hydrogens is 1070 g/mol. The summed E-state index contributed by atoms with van der Waals surface area (Å²) in [5.41, 5.74) is 6.75. The number of anilines is 3. The van der Waals surface area contributed by atoms with E-state index in [1.54, 1.807) is 0 Å². The van der Waals surface area contributed by atoms with E-state index in [1.165, 1.54) is 82.2 Å². The van der Waals surface area contributed by atoms with Gasteiger partial charge in [0.05, 0.1) is 11.4 Å². The Bertz CT molecular complexity index is 3870. The van der Waals surface area contributed by atoms with Crippen molar-refractivity contribution in [3.63, 3.8) is 0 Å². The summed E-state index contributed by atoms with van der Waals surface area (Å²) in [6, 6.07) is 19.2. The van der Waals surface area contributed by atoms with Gasteiger partial charge in [0.1, 0.15) is 50.1 Å². The lowest BCUT2D eigenvalue weighted by Gasteiger charge is -2.15. The Kier molecular flexibility index (Phi) is 17.4. The van der Waals surface area contributed by atoms with Gasteiger partial charge in [-0.05, 0) is 84.6 Å². The normalized spacial score (nSPS) is 11.0. The van der Waals surface area contributed by atoms with Crippen LogP contribution in [0.3, 0.4) is 0 Å². The lowest BCUT2D eigenvalue weighted by atomic mass is 10.2. The summed E-state index contributed by atoms with van der Waals surface area (Å²) in [7, 11) is 0. The Morgan fingerprint density at radius 2 is 0.974 bits per heavy atom. The van der Waals surface area contributed by atoms with Gasteiger partial charge in [-0.3, -0.25) is 33.1 Å². The van der Waals surface area contributed by atoms with E-state index in [9.17, 15) is 51.1 Å². The maximum atomic E-state index is 14.9. The first-order valence-electron chi connectivity index (χ1n) is 23.2. The Balaban J connectivity index is 0.000000226. The molecule has 19 nitrogen and oxygen atoms in total. The van der Waals surface area contributed by atoms with Crippen LogP contribution in [0.1, 0.15) is 58.9 Å². The van der Waals surface area contributed by atoms with Crippen molar-refractivity contribution in [2.45, 2.75) is 40.8 Å². The van der Waals surface area contributed by atoms with E-state index < -0.39 is 69.1 Å². The molecule has 0 saturated carbocycles. The van der Waals surface area contributed by atoms with Crippen LogP contribution in [0.4, 0.5) is 34.8 Å². The topological polar surface area (TPSA) is 260 Å². The molecule has 0 unspecified atom stereocenters. The zero-order valence-corrected chi connectivity index (χ0v) is 42.9. The summed E-state index contributed by atoms with van der Waals surface area (Å²) in [5, 5.41) is 4.70. The summed E-state index contributed by atoms with van der Waals surface area (Å²) < 4.78 is 71.4. The number of nitrogens with two attached hydrogens (primary N) is 2. The van der Waals surface area contributed by atoms with E-state index >= 15 is 0 Å². The third-order valence-corrected chi connectivity index (χ3v) is 11.6. The van der Waals surface area contributed by atoms with Gasteiger partial charge in [-0.25, -0.2) is 46.3 Å². The predicted molar refractivity (Wildman–Crippen MR) is 282 cm³/mol. The maximum absolute atomic E-state index is 14.9. The van der Waals surface area contributed by atoms with Crippen LogP contribution >= 0.6 is 23.2 Å². The number of ether oxygens (including phenoxy) is 2. The Morgan fingerprint density at radius 3 is 1.36 bits per heavy atom. The Labute approximate surface area is 448 Å². The average Bonchev–Trinajstić information content (AvgIpc) is 3.49. The molecule has 4 aromatic heterocycles. The molecule has 0 fully saturated rings. The smallest absolute Gasteiger partial charge is 0.335 e. The number of pyridine rings is 2. The van der Waals surface area contributed by atoms with Crippen molar-refractivity contribution < 1.29 is 41.4 Å². The molecule has 8 aromatic rings. The highest BCUT2D eigenvalue weighted by atomic mass is 35.5. The van der Waals surface area contributed by atoms with Crippen LogP contribution in [0.15, 0.2) is 141 Å². The number of carbonyl (C=O) groups is 3. The third kappa shape index (κ3) is 13.0. The van der Waals surface area contributed by atoms with E-state index in [4.69, 9.17) is 44.1 Å². The highest BCUT2D eigenvalue weighted by Gasteiger charge is 2.23. The van der Waals surface area contributed by atoms with Gasteiger partial charge >= 0.3 is 11.4 Å². The molecule has 78 heavy (non-hydrogen) atoms. The predicted octanol–water partition coefficient (Wildman–Crippen LogP) is 8.73. The van der Waals surface area contributed by atoms with Crippen LogP contribution in [-0.4, -0.2) is 46.0 Å². The summed E-state index contributed by atoms with van der Waals surface area (Å²) in [6.45, 7) is 7.82. The first-order valence-corrected chi connectivity index (χ1v) is 23.9. The lowest BCUT2D eigenvalue weighted by molar-refractivity contribution is 0.0991. The molecule has 4 heterocycles. The molecule has 402 valence electrons. The minimum atomic E-state index is -0.938. The van der Waals surface area contributed by atoms with Gasteiger partial charge < -0.3 is 31.6 Å². The number of benzene rings is 4. The third-order valence-electron chi connectivity index (χ3n) is 10.9. The van der Waals surface area contributed by atoms with Crippen LogP contribution in [0.25, 0.3) is 11.4 Å². The number of amides is 3. The van der Waals surface area contributed by atoms with E-state index in [0.717, 1.165) is 57.9 Å². The van der Waals surface area contributed by atoms with Gasteiger partial charge in [0.15, 0.2) is 28.9 Å². The molecule has 0 aliphatic heterocycles. The van der Waals surface area contributed by atoms with Gasteiger partial charge in [0.2, 0.25) is 0 Å². The number of nitrogens with zero attached hydrogens (tertiary/aromatic N) is 6.